The Morgan fingerprint density at radius 3 is 2.10 bits per heavy atom. The number of nitrogens with two attached hydrogens (primary N) is 2. The van der Waals surface area contributed by atoms with Crippen molar-refractivity contribution in [1.82, 2.24) is 0 Å². The van der Waals surface area contributed by atoms with E-state index in [1.165, 1.54) is 6.08 Å². The van der Waals surface area contributed by atoms with Crippen LogP contribution >= 0.6 is 0 Å². The molecule has 2 aromatic rings. The molecule has 0 aliphatic heterocycles. The van der Waals surface area contributed by atoms with E-state index in [-0.39, 0.29) is 25.6 Å². The summed E-state index contributed by atoms with van der Waals surface area (Å²) in [5.74, 6) is -1.70. The number of esters is 2. The molecular weight excluding hydrogens is 380 g/mol. The van der Waals surface area contributed by atoms with Crippen LogP contribution in [0.1, 0.15) is 36.3 Å². The lowest BCUT2D eigenvalue weighted by Gasteiger charge is -2.26. The number of rotatable bonds is 10. The highest BCUT2D eigenvalue weighted by Crippen LogP contribution is 2.44. The van der Waals surface area contributed by atoms with Crippen LogP contribution in [0.25, 0.3) is 11.1 Å². The lowest BCUT2D eigenvalue weighted by Crippen LogP contribution is -2.56. The lowest BCUT2D eigenvalue weighted by atomic mass is 9.93. The van der Waals surface area contributed by atoms with Gasteiger partial charge in [-0.15, -0.1) is 0 Å². The first kappa shape index (κ1) is 21.7. The van der Waals surface area contributed by atoms with Gasteiger partial charge in [-0.3, -0.25) is 0 Å². The number of hydrogen-bond donors (Lipinski definition) is 2. The monoisotopic (exact) mass is 408 g/mol. The predicted octanol–water partition coefficient (Wildman–Crippen LogP) is 2.90. The number of benzene rings is 2. The van der Waals surface area contributed by atoms with Crippen LogP contribution < -0.4 is 11.5 Å². The molecule has 2 aromatic carbocycles. The van der Waals surface area contributed by atoms with Gasteiger partial charge < -0.3 is 20.9 Å². The third kappa shape index (κ3) is 4.30. The molecule has 158 valence electrons. The standard InChI is InChI=1S/C24H28N2O4/c1-2-15-29-22(27)24(26,13-7-8-14-25)23(28)30-16-21-19-11-5-3-9-17(19)18-10-4-6-12-20(18)21/h2-6,9-12,21H,1,7-8,13-16,25-26H2/t24-/m0/s1. The van der Waals surface area contributed by atoms with Crippen LogP contribution in [0.5, 0.6) is 0 Å². The number of carbonyl (C=O) groups excluding carboxylic acids is 2. The van der Waals surface area contributed by atoms with Gasteiger partial charge in [0.15, 0.2) is 0 Å². The first-order valence-corrected chi connectivity index (χ1v) is 10.2. The second-order valence-electron chi connectivity index (χ2n) is 7.43. The molecule has 0 fully saturated rings. The van der Waals surface area contributed by atoms with Crippen molar-refractivity contribution >= 4 is 11.9 Å². The Hall–Kier alpha value is -2.96. The van der Waals surface area contributed by atoms with Crippen molar-refractivity contribution in [2.75, 3.05) is 19.8 Å². The molecule has 0 saturated carbocycles. The Bertz CT molecular complexity index is 881. The van der Waals surface area contributed by atoms with Crippen molar-refractivity contribution < 1.29 is 19.1 Å². The minimum atomic E-state index is -1.87. The minimum Gasteiger partial charge on any atom is -0.463 e. The van der Waals surface area contributed by atoms with Crippen molar-refractivity contribution in [2.45, 2.75) is 30.7 Å². The van der Waals surface area contributed by atoms with Crippen molar-refractivity contribution in [3.63, 3.8) is 0 Å². The predicted molar refractivity (Wildman–Crippen MR) is 116 cm³/mol. The SMILES string of the molecule is C=CCOC(=O)[C@@](N)(CCCCN)C(=O)OCC1c2ccccc2-c2ccccc21. The molecule has 0 unspecified atom stereocenters. The van der Waals surface area contributed by atoms with E-state index in [4.69, 9.17) is 20.9 Å². The number of carbonyl (C=O) groups is 2. The van der Waals surface area contributed by atoms with Crippen LogP contribution in [0, 0.1) is 0 Å². The average Bonchev–Trinajstić information content (AvgIpc) is 3.09. The third-order valence-corrected chi connectivity index (χ3v) is 5.43. The summed E-state index contributed by atoms with van der Waals surface area (Å²) in [5.41, 5.74) is 14.3. The van der Waals surface area contributed by atoms with E-state index >= 15 is 0 Å². The molecule has 0 aromatic heterocycles. The van der Waals surface area contributed by atoms with Crippen molar-refractivity contribution in [3.05, 3.63) is 72.3 Å². The van der Waals surface area contributed by atoms with Crippen LogP contribution in [0.15, 0.2) is 61.2 Å². The third-order valence-electron chi connectivity index (χ3n) is 5.43. The zero-order valence-corrected chi connectivity index (χ0v) is 17.0. The van der Waals surface area contributed by atoms with Crippen molar-refractivity contribution in [3.8, 4) is 11.1 Å². The van der Waals surface area contributed by atoms with Gasteiger partial charge in [-0.2, -0.15) is 0 Å². The zero-order valence-electron chi connectivity index (χ0n) is 17.0. The Labute approximate surface area is 176 Å². The fraction of sp³-hybridized carbons (Fsp3) is 0.333. The lowest BCUT2D eigenvalue weighted by molar-refractivity contribution is -0.164. The van der Waals surface area contributed by atoms with E-state index in [9.17, 15) is 9.59 Å². The molecule has 6 nitrogen and oxygen atoms in total. The van der Waals surface area contributed by atoms with Crippen LogP contribution in [0.2, 0.25) is 0 Å². The molecule has 1 aliphatic carbocycles. The molecule has 1 aliphatic rings. The molecule has 0 amide bonds. The van der Waals surface area contributed by atoms with Gasteiger partial charge in [0.25, 0.3) is 0 Å². The van der Waals surface area contributed by atoms with Crippen molar-refractivity contribution in [1.29, 1.82) is 0 Å². The minimum absolute atomic E-state index is 0.0225. The maximum Gasteiger partial charge on any atom is 0.338 e. The van der Waals surface area contributed by atoms with Gasteiger partial charge >= 0.3 is 11.9 Å². The highest BCUT2D eigenvalue weighted by Gasteiger charge is 2.45. The van der Waals surface area contributed by atoms with Crippen LogP contribution in [0.4, 0.5) is 0 Å². The number of hydrogen-bond acceptors (Lipinski definition) is 6. The van der Waals surface area contributed by atoms with E-state index < -0.39 is 17.5 Å². The summed E-state index contributed by atoms with van der Waals surface area (Å²) in [6.07, 6.45) is 2.69. The Morgan fingerprint density at radius 2 is 1.53 bits per heavy atom. The molecule has 0 heterocycles. The second-order valence-corrected chi connectivity index (χ2v) is 7.43. The van der Waals surface area contributed by atoms with Gasteiger partial charge in [0.05, 0.1) is 0 Å². The van der Waals surface area contributed by atoms with Crippen LogP contribution in [-0.4, -0.2) is 37.2 Å². The summed E-state index contributed by atoms with van der Waals surface area (Å²) in [5, 5.41) is 0. The number of ether oxygens (including phenoxy) is 2. The van der Waals surface area contributed by atoms with E-state index in [0.29, 0.717) is 19.4 Å². The van der Waals surface area contributed by atoms with E-state index in [0.717, 1.165) is 22.3 Å². The summed E-state index contributed by atoms with van der Waals surface area (Å²) in [6, 6.07) is 16.1. The summed E-state index contributed by atoms with van der Waals surface area (Å²) in [4.78, 5) is 25.5. The highest BCUT2D eigenvalue weighted by molar-refractivity contribution is 6.04. The summed E-state index contributed by atoms with van der Waals surface area (Å²) < 4.78 is 10.7. The first-order chi connectivity index (χ1) is 14.5. The Kier molecular flexibility index (Phi) is 7.03. The molecule has 1 atom stereocenters. The molecule has 0 saturated heterocycles. The zero-order chi connectivity index (χ0) is 21.6. The molecule has 0 bridgehead atoms. The fourth-order valence-corrected chi connectivity index (χ4v) is 3.83. The maximum atomic E-state index is 12.9. The first-order valence-electron chi connectivity index (χ1n) is 10.2. The number of unbranched alkanes of at least 4 members (excludes halogenated alkanes) is 1. The Balaban J connectivity index is 1.78. The highest BCUT2D eigenvalue weighted by atomic mass is 16.6. The molecule has 30 heavy (non-hydrogen) atoms. The fourth-order valence-electron chi connectivity index (χ4n) is 3.83. The smallest absolute Gasteiger partial charge is 0.338 e. The summed E-state index contributed by atoms with van der Waals surface area (Å²) >= 11 is 0. The van der Waals surface area contributed by atoms with E-state index in [1.807, 2.05) is 36.4 Å². The van der Waals surface area contributed by atoms with Gasteiger partial charge in [0, 0.05) is 5.92 Å². The van der Waals surface area contributed by atoms with Gasteiger partial charge in [0.2, 0.25) is 5.54 Å². The summed E-state index contributed by atoms with van der Waals surface area (Å²) in [6.45, 7) is 4.03. The molecule has 0 spiro atoms. The average molecular weight is 408 g/mol. The maximum absolute atomic E-state index is 12.9. The van der Waals surface area contributed by atoms with E-state index in [2.05, 4.69) is 18.7 Å². The van der Waals surface area contributed by atoms with Crippen molar-refractivity contribution in [2.24, 2.45) is 11.5 Å². The van der Waals surface area contributed by atoms with Crippen LogP contribution in [0.3, 0.4) is 0 Å². The van der Waals surface area contributed by atoms with Gasteiger partial charge in [-0.1, -0.05) is 61.2 Å². The second kappa shape index (κ2) is 9.69. The molecule has 6 heteroatoms. The van der Waals surface area contributed by atoms with E-state index in [1.54, 1.807) is 0 Å². The summed E-state index contributed by atoms with van der Waals surface area (Å²) in [7, 11) is 0. The largest absolute Gasteiger partial charge is 0.463 e. The molecule has 0 radical (unpaired) electrons. The normalized spacial score (nSPS) is 14.3. The molecule has 4 N–H and O–H groups in total. The topological polar surface area (TPSA) is 105 Å². The Morgan fingerprint density at radius 1 is 0.967 bits per heavy atom. The van der Waals surface area contributed by atoms with Crippen LogP contribution in [-0.2, 0) is 19.1 Å². The molecular formula is C24H28N2O4. The quantitative estimate of drug-likeness (QED) is 0.271. The van der Waals surface area contributed by atoms with Gasteiger partial charge in [0.1, 0.15) is 13.2 Å². The van der Waals surface area contributed by atoms with Gasteiger partial charge in [-0.25, -0.2) is 9.59 Å². The number of fused-ring (bicyclic) bond motifs is 3. The van der Waals surface area contributed by atoms with Gasteiger partial charge in [-0.05, 0) is 48.1 Å². The molecule has 3 rings (SSSR count).